The second kappa shape index (κ2) is 5.14. The van der Waals surface area contributed by atoms with Gasteiger partial charge in [-0.25, -0.2) is 0 Å². The van der Waals surface area contributed by atoms with Gasteiger partial charge in [-0.3, -0.25) is 4.79 Å². The Balaban J connectivity index is 2.23. The van der Waals surface area contributed by atoms with Crippen LogP contribution in [0.25, 0.3) is 0 Å². The van der Waals surface area contributed by atoms with Gasteiger partial charge in [0.25, 0.3) is 5.91 Å². The molecule has 18 heavy (non-hydrogen) atoms. The highest BCUT2D eigenvalue weighted by molar-refractivity contribution is 6.08. The highest BCUT2D eigenvalue weighted by Gasteiger charge is 2.05. The summed E-state index contributed by atoms with van der Waals surface area (Å²) in [4.78, 5) is 15.7. The van der Waals surface area contributed by atoms with Gasteiger partial charge in [0.15, 0.2) is 0 Å². The number of nitrogens with zero attached hydrogens (tertiary/aromatic N) is 1. The van der Waals surface area contributed by atoms with Crippen LogP contribution in [-0.2, 0) is 0 Å². The Kier molecular flexibility index (Phi) is 3.38. The fourth-order valence-electron chi connectivity index (χ4n) is 1.47. The molecule has 0 spiro atoms. The first-order valence-corrected chi connectivity index (χ1v) is 5.46. The second-order valence-corrected chi connectivity index (χ2v) is 3.79. The summed E-state index contributed by atoms with van der Waals surface area (Å²) < 4.78 is 0. The zero-order valence-electron chi connectivity index (χ0n) is 9.71. The molecule has 0 heterocycles. The summed E-state index contributed by atoms with van der Waals surface area (Å²) in [6.45, 7) is 0. The molecule has 2 aromatic carbocycles. The van der Waals surface area contributed by atoms with Crippen LogP contribution in [0.1, 0.15) is 15.9 Å². The van der Waals surface area contributed by atoms with Crippen molar-refractivity contribution in [1.82, 2.24) is 0 Å². The van der Waals surface area contributed by atoms with Gasteiger partial charge in [-0.05, 0) is 36.4 Å². The quantitative estimate of drug-likeness (QED) is 0.476. The Morgan fingerprint density at radius 2 is 1.50 bits per heavy atom. The lowest BCUT2D eigenvalue weighted by Crippen LogP contribution is -2.15. The third kappa shape index (κ3) is 2.74. The number of anilines is 1. The maximum atomic E-state index is 11.8. The molecule has 4 N–H and O–H groups in total. The molecule has 0 radical (unpaired) electrons. The van der Waals surface area contributed by atoms with Gasteiger partial charge in [0, 0.05) is 16.8 Å². The molecule has 0 bridgehead atoms. The lowest BCUT2D eigenvalue weighted by atomic mass is 10.2. The zero-order valence-corrected chi connectivity index (χ0v) is 9.71. The predicted octanol–water partition coefficient (Wildman–Crippen LogP) is 1.81. The summed E-state index contributed by atoms with van der Waals surface area (Å²) in [5, 5.41) is 0. The summed E-state index contributed by atoms with van der Waals surface area (Å²) in [6.07, 6.45) is 0. The van der Waals surface area contributed by atoms with Crippen LogP contribution in [0.3, 0.4) is 0 Å². The summed E-state index contributed by atoms with van der Waals surface area (Å²) in [5.41, 5.74) is 13.2. The first kappa shape index (κ1) is 11.9. The van der Waals surface area contributed by atoms with Crippen molar-refractivity contribution in [2.24, 2.45) is 10.7 Å². The van der Waals surface area contributed by atoms with Crippen molar-refractivity contribution in [3.63, 3.8) is 0 Å². The van der Waals surface area contributed by atoms with Crippen molar-refractivity contribution < 1.29 is 4.79 Å². The molecule has 1 amide bonds. The van der Waals surface area contributed by atoms with E-state index >= 15 is 0 Å². The number of hydrogen-bond donors (Lipinski definition) is 2. The number of aliphatic imine (C=N–C) groups is 1. The Morgan fingerprint density at radius 3 is 2.11 bits per heavy atom. The van der Waals surface area contributed by atoms with Crippen LogP contribution in [0.15, 0.2) is 59.6 Å². The predicted molar refractivity (Wildman–Crippen MR) is 72.4 cm³/mol. The standard InChI is InChI=1S/C14H13N3O/c15-12-8-6-10(7-9-12)13(16)17-14(18)11-4-2-1-3-5-11/h1-9H,15H2,(H2,16,17,18). The maximum Gasteiger partial charge on any atom is 0.278 e. The van der Waals surface area contributed by atoms with Crippen molar-refractivity contribution >= 4 is 17.4 Å². The molecule has 4 heteroatoms. The smallest absolute Gasteiger partial charge is 0.278 e. The van der Waals surface area contributed by atoms with Gasteiger partial charge in [0.1, 0.15) is 5.84 Å². The van der Waals surface area contributed by atoms with Gasteiger partial charge in [-0.1, -0.05) is 18.2 Å². The summed E-state index contributed by atoms with van der Waals surface area (Å²) in [5.74, 6) is -0.172. The van der Waals surface area contributed by atoms with Crippen LogP contribution in [-0.4, -0.2) is 11.7 Å². The minimum Gasteiger partial charge on any atom is -0.399 e. The molecule has 0 aliphatic heterocycles. The molecule has 0 aliphatic carbocycles. The Labute approximate surface area is 105 Å². The maximum absolute atomic E-state index is 11.8. The van der Waals surface area contributed by atoms with Crippen molar-refractivity contribution in [2.45, 2.75) is 0 Å². The number of rotatable bonds is 2. The van der Waals surface area contributed by atoms with E-state index in [4.69, 9.17) is 11.5 Å². The minimum absolute atomic E-state index is 0.184. The molecule has 2 aromatic rings. The fraction of sp³-hybridized carbons (Fsp3) is 0. The molecule has 0 atom stereocenters. The van der Waals surface area contributed by atoms with Crippen LogP contribution >= 0.6 is 0 Å². The first-order chi connectivity index (χ1) is 8.66. The first-order valence-electron chi connectivity index (χ1n) is 5.46. The van der Waals surface area contributed by atoms with E-state index in [1.807, 2.05) is 6.07 Å². The van der Waals surface area contributed by atoms with Crippen LogP contribution in [0.4, 0.5) is 5.69 Å². The largest absolute Gasteiger partial charge is 0.399 e. The number of benzene rings is 2. The third-order valence-electron chi connectivity index (χ3n) is 2.45. The van der Waals surface area contributed by atoms with E-state index in [2.05, 4.69) is 4.99 Å². The molecule has 0 saturated carbocycles. The van der Waals surface area contributed by atoms with Gasteiger partial charge in [0.05, 0.1) is 0 Å². The number of carbonyl (C=O) groups excluding carboxylic acids is 1. The number of carbonyl (C=O) groups is 1. The number of amides is 1. The van der Waals surface area contributed by atoms with Crippen molar-refractivity contribution in [3.8, 4) is 0 Å². The number of nitrogen functional groups attached to an aromatic ring is 1. The normalized spacial score (nSPS) is 11.2. The van der Waals surface area contributed by atoms with E-state index in [1.165, 1.54) is 0 Å². The molecule has 0 aliphatic rings. The molecule has 0 saturated heterocycles. The van der Waals surface area contributed by atoms with E-state index < -0.39 is 0 Å². The topological polar surface area (TPSA) is 81.5 Å². The van der Waals surface area contributed by atoms with E-state index in [-0.39, 0.29) is 11.7 Å². The lowest BCUT2D eigenvalue weighted by molar-refractivity contribution is 0.100. The molecule has 4 nitrogen and oxygen atoms in total. The van der Waals surface area contributed by atoms with Gasteiger partial charge in [-0.2, -0.15) is 4.99 Å². The van der Waals surface area contributed by atoms with Crippen molar-refractivity contribution in [3.05, 3.63) is 65.7 Å². The fourth-order valence-corrected chi connectivity index (χ4v) is 1.47. The Hall–Kier alpha value is -2.62. The van der Waals surface area contributed by atoms with Crippen LogP contribution in [0.5, 0.6) is 0 Å². The van der Waals surface area contributed by atoms with Crippen LogP contribution in [0.2, 0.25) is 0 Å². The van der Waals surface area contributed by atoms with Gasteiger partial charge in [-0.15, -0.1) is 0 Å². The summed E-state index contributed by atoms with van der Waals surface area (Å²) in [7, 11) is 0. The molecule has 90 valence electrons. The van der Waals surface area contributed by atoms with E-state index in [1.54, 1.807) is 48.5 Å². The van der Waals surface area contributed by atoms with E-state index in [0.717, 1.165) is 0 Å². The highest BCUT2D eigenvalue weighted by atomic mass is 16.1. The molecule has 0 aromatic heterocycles. The van der Waals surface area contributed by atoms with Gasteiger partial charge < -0.3 is 11.5 Å². The number of nitrogens with two attached hydrogens (primary N) is 2. The van der Waals surface area contributed by atoms with E-state index in [9.17, 15) is 4.79 Å². The monoisotopic (exact) mass is 239 g/mol. The SMILES string of the molecule is NC(=NC(=O)c1ccccc1)c1ccc(N)cc1. The Bertz CT molecular complexity index is 574. The minimum atomic E-state index is -0.357. The van der Waals surface area contributed by atoms with Crippen molar-refractivity contribution in [2.75, 3.05) is 5.73 Å². The summed E-state index contributed by atoms with van der Waals surface area (Å²) >= 11 is 0. The third-order valence-corrected chi connectivity index (χ3v) is 2.45. The van der Waals surface area contributed by atoms with Crippen LogP contribution in [0, 0.1) is 0 Å². The van der Waals surface area contributed by atoms with E-state index in [0.29, 0.717) is 16.8 Å². The Morgan fingerprint density at radius 1 is 0.889 bits per heavy atom. The van der Waals surface area contributed by atoms with Gasteiger partial charge >= 0.3 is 0 Å². The average Bonchev–Trinajstić information content (AvgIpc) is 2.40. The average molecular weight is 239 g/mol. The van der Waals surface area contributed by atoms with Crippen molar-refractivity contribution in [1.29, 1.82) is 0 Å². The highest BCUT2D eigenvalue weighted by Crippen LogP contribution is 2.06. The molecule has 0 fully saturated rings. The van der Waals surface area contributed by atoms with Gasteiger partial charge in [0.2, 0.25) is 0 Å². The number of amidine groups is 1. The second-order valence-electron chi connectivity index (χ2n) is 3.79. The molecule has 0 unspecified atom stereocenters. The molecular formula is C14H13N3O. The zero-order chi connectivity index (χ0) is 13.0. The lowest BCUT2D eigenvalue weighted by Gasteiger charge is -2.01. The number of hydrogen-bond acceptors (Lipinski definition) is 2. The summed E-state index contributed by atoms with van der Waals surface area (Å²) in [6, 6.07) is 15.7. The molecular weight excluding hydrogens is 226 g/mol. The van der Waals surface area contributed by atoms with Crippen LogP contribution < -0.4 is 11.5 Å². The molecule has 2 rings (SSSR count).